The average Bonchev–Trinajstić information content (AvgIpc) is 2.75. The summed E-state index contributed by atoms with van der Waals surface area (Å²) in [6, 6.07) is 0.0721. The van der Waals surface area contributed by atoms with Crippen molar-refractivity contribution in [2.75, 3.05) is 39.9 Å². The van der Waals surface area contributed by atoms with E-state index in [1.807, 2.05) is 0 Å². The highest BCUT2D eigenvalue weighted by atomic mass is 16.5. The number of likely N-dealkylation sites (tertiary alicyclic amines) is 1. The van der Waals surface area contributed by atoms with Crippen LogP contribution in [0.2, 0.25) is 0 Å². The van der Waals surface area contributed by atoms with Crippen LogP contribution in [0.15, 0.2) is 5.29 Å². The summed E-state index contributed by atoms with van der Waals surface area (Å²) < 4.78 is 5.36. The lowest BCUT2D eigenvalue weighted by molar-refractivity contribution is -0.111. The SMILES string of the molecule is CN(CCOCCN1CCCC1C=O)N=O. The van der Waals surface area contributed by atoms with Gasteiger partial charge in [-0.1, -0.05) is 0 Å². The van der Waals surface area contributed by atoms with Crippen molar-refractivity contribution in [3.05, 3.63) is 4.91 Å². The summed E-state index contributed by atoms with van der Waals surface area (Å²) in [6.07, 6.45) is 3.06. The Balaban J connectivity index is 2.02. The zero-order valence-electron chi connectivity index (χ0n) is 9.67. The monoisotopic (exact) mass is 229 g/mol. The van der Waals surface area contributed by atoms with Crippen LogP contribution in [-0.2, 0) is 9.53 Å². The molecule has 1 aliphatic heterocycles. The molecule has 0 amide bonds. The summed E-state index contributed by atoms with van der Waals surface area (Å²) in [5, 5.41) is 4.03. The predicted octanol–water partition coefficient (Wildman–Crippen LogP) is 0.279. The fraction of sp³-hybridized carbons (Fsp3) is 0.900. The van der Waals surface area contributed by atoms with E-state index < -0.39 is 0 Å². The van der Waals surface area contributed by atoms with Crippen molar-refractivity contribution in [1.82, 2.24) is 9.91 Å². The first kappa shape index (κ1) is 13.1. The highest BCUT2D eigenvalue weighted by Crippen LogP contribution is 2.14. The third-order valence-corrected chi connectivity index (χ3v) is 2.79. The van der Waals surface area contributed by atoms with Crippen molar-refractivity contribution in [2.24, 2.45) is 5.29 Å². The molecular weight excluding hydrogens is 210 g/mol. The Morgan fingerprint density at radius 3 is 3.06 bits per heavy atom. The fourth-order valence-corrected chi connectivity index (χ4v) is 1.80. The molecule has 0 radical (unpaired) electrons. The van der Waals surface area contributed by atoms with Gasteiger partial charge < -0.3 is 9.53 Å². The van der Waals surface area contributed by atoms with Gasteiger partial charge in [0.05, 0.1) is 31.1 Å². The molecule has 0 saturated carbocycles. The largest absolute Gasteiger partial charge is 0.378 e. The number of carbonyl (C=O) groups is 1. The van der Waals surface area contributed by atoms with E-state index in [0.717, 1.165) is 32.2 Å². The van der Waals surface area contributed by atoms with Crippen LogP contribution < -0.4 is 0 Å². The molecule has 0 aromatic heterocycles. The predicted molar refractivity (Wildman–Crippen MR) is 59.9 cm³/mol. The van der Waals surface area contributed by atoms with Gasteiger partial charge in [-0.05, 0) is 19.4 Å². The quantitative estimate of drug-likeness (QED) is 0.259. The van der Waals surface area contributed by atoms with Gasteiger partial charge >= 0.3 is 0 Å². The number of hydrogen-bond donors (Lipinski definition) is 0. The lowest BCUT2D eigenvalue weighted by atomic mass is 10.2. The molecule has 0 N–H and O–H groups in total. The molecular formula is C10H19N3O3. The summed E-state index contributed by atoms with van der Waals surface area (Å²) >= 11 is 0. The molecule has 1 heterocycles. The molecule has 1 fully saturated rings. The maximum atomic E-state index is 10.7. The minimum Gasteiger partial charge on any atom is -0.378 e. The molecule has 1 unspecified atom stereocenters. The first-order valence-electron chi connectivity index (χ1n) is 5.59. The van der Waals surface area contributed by atoms with Gasteiger partial charge in [0.1, 0.15) is 6.29 Å². The standard InChI is InChI=1S/C10H19N3O3/c1-12(11-15)5-7-16-8-6-13-4-2-3-10(13)9-14/h9-10H,2-8H2,1H3. The smallest absolute Gasteiger partial charge is 0.137 e. The van der Waals surface area contributed by atoms with E-state index in [4.69, 9.17) is 4.74 Å². The third-order valence-electron chi connectivity index (χ3n) is 2.79. The molecule has 1 aliphatic rings. The number of carbonyl (C=O) groups excluding carboxylic acids is 1. The number of rotatable bonds is 8. The summed E-state index contributed by atoms with van der Waals surface area (Å²) in [6.45, 7) is 3.34. The van der Waals surface area contributed by atoms with Crippen molar-refractivity contribution in [2.45, 2.75) is 18.9 Å². The Kier molecular flexibility index (Phi) is 5.95. The van der Waals surface area contributed by atoms with Crippen LogP contribution in [0.25, 0.3) is 0 Å². The van der Waals surface area contributed by atoms with Gasteiger partial charge in [0, 0.05) is 13.6 Å². The second-order valence-corrected chi connectivity index (χ2v) is 3.96. The summed E-state index contributed by atoms with van der Waals surface area (Å²) in [7, 11) is 1.61. The Morgan fingerprint density at radius 1 is 1.56 bits per heavy atom. The maximum absolute atomic E-state index is 10.7. The minimum atomic E-state index is 0.0721. The highest BCUT2D eigenvalue weighted by Gasteiger charge is 2.22. The van der Waals surface area contributed by atoms with E-state index in [9.17, 15) is 9.70 Å². The molecule has 1 atom stereocenters. The van der Waals surface area contributed by atoms with Crippen LogP contribution in [0.5, 0.6) is 0 Å². The summed E-state index contributed by atoms with van der Waals surface area (Å²) in [5.74, 6) is 0. The van der Waals surface area contributed by atoms with E-state index in [-0.39, 0.29) is 6.04 Å². The Morgan fingerprint density at radius 2 is 2.38 bits per heavy atom. The topological polar surface area (TPSA) is 62.2 Å². The molecule has 6 nitrogen and oxygen atoms in total. The number of nitrogens with zero attached hydrogens (tertiary/aromatic N) is 3. The van der Waals surface area contributed by atoms with Crippen LogP contribution in [0.1, 0.15) is 12.8 Å². The zero-order valence-corrected chi connectivity index (χ0v) is 9.67. The molecule has 6 heteroatoms. The maximum Gasteiger partial charge on any atom is 0.137 e. The molecule has 0 bridgehead atoms. The third kappa shape index (κ3) is 4.24. The number of aldehydes is 1. The van der Waals surface area contributed by atoms with Crippen LogP contribution in [-0.4, -0.2) is 62.1 Å². The van der Waals surface area contributed by atoms with Crippen molar-refractivity contribution in [1.29, 1.82) is 0 Å². The lowest BCUT2D eigenvalue weighted by Crippen LogP contribution is -2.33. The van der Waals surface area contributed by atoms with Crippen LogP contribution in [0.3, 0.4) is 0 Å². The van der Waals surface area contributed by atoms with Gasteiger partial charge in [-0.15, -0.1) is 4.91 Å². The van der Waals surface area contributed by atoms with E-state index >= 15 is 0 Å². The number of ether oxygens (including phenoxy) is 1. The van der Waals surface area contributed by atoms with Crippen LogP contribution >= 0.6 is 0 Å². The molecule has 0 aromatic rings. The number of likely N-dealkylation sites (N-methyl/N-ethyl adjacent to an activating group) is 1. The van der Waals surface area contributed by atoms with Gasteiger partial charge in [-0.2, -0.15) is 0 Å². The first-order chi connectivity index (χ1) is 7.77. The number of nitroso groups, excluding NO2 is 1. The summed E-state index contributed by atoms with van der Waals surface area (Å²) in [4.78, 5) is 22.9. The van der Waals surface area contributed by atoms with Crippen molar-refractivity contribution < 1.29 is 9.53 Å². The second-order valence-electron chi connectivity index (χ2n) is 3.96. The molecule has 0 aromatic carbocycles. The summed E-state index contributed by atoms with van der Waals surface area (Å²) in [5.41, 5.74) is 0. The zero-order chi connectivity index (χ0) is 11.8. The molecule has 1 rings (SSSR count). The van der Waals surface area contributed by atoms with Gasteiger partial charge in [0.15, 0.2) is 0 Å². The van der Waals surface area contributed by atoms with Crippen molar-refractivity contribution in [3.8, 4) is 0 Å². The van der Waals surface area contributed by atoms with E-state index in [1.165, 1.54) is 5.01 Å². The van der Waals surface area contributed by atoms with Crippen molar-refractivity contribution >= 4 is 6.29 Å². The van der Waals surface area contributed by atoms with Gasteiger partial charge in [-0.25, -0.2) is 0 Å². The van der Waals surface area contributed by atoms with Gasteiger partial charge in [0.2, 0.25) is 0 Å². The Hall–Kier alpha value is -1.01. The minimum absolute atomic E-state index is 0.0721. The fourth-order valence-electron chi connectivity index (χ4n) is 1.80. The molecule has 92 valence electrons. The Labute approximate surface area is 95.5 Å². The van der Waals surface area contributed by atoms with Crippen LogP contribution in [0, 0.1) is 4.91 Å². The van der Waals surface area contributed by atoms with E-state index in [1.54, 1.807) is 7.05 Å². The molecule has 1 saturated heterocycles. The van der Waals surface area contributed by atoms with Gasteiger partial charge in [-0.3, -0.25) is 9.91 Å². The lowest BCUT2D eigenvalue weighted by Gasteiger charge is -2.19. The van der Waals surface area contributed by atoms with Gasteiger partial charge in [0.25, 0.3) is 0 Å². The molecule has 16 heavy (non-hydrogen) atoms. The highest BCUT2D eigenvalue weighted by molar-refractivity contribution is 5.58. The van der Waals surface area contributed by atoms with Crippen molar-refractivity contribution in [3.63, 3.8) is 0 Å². The molecule has 0 aliphatic carbocycles. The van der Waals surface area contributed by atoms with Crippen LogP contribution in [0.4, 0.5) is 0 Å². The van der Waals surface area contributed by atoms with E-state index in [0.29, 0.717) is 19.8 Å². The van der Waals surface area contributed by atoms with E-state index in [2.05, 4.69) is 10.2 Å². The molecule has 0 spiro atoms. The average molecular weight is 229 g/mol. The Bertz CT molecular complexity index is 225. The first-order valence-corrected chi connectivity index (χ1v) is 5.59. The normalized spacial score (nSPS) is 20.9. The number of hydrogen-bond acceptors (Lipinski definition) is 5. The second kappa shape index (κ2) is 7.29.